The lowest BCUT2D eigenvalue weighted by Crippen LogP contribution is -2.19. The minimum Gasteiger partial charge on any atom is -0.205 e. The molecule has 1 aliphatic rings. The Morgan fingerprint density at radius 2 is 2.00 bits per heavy atom. The monoisotopic (exact) mass is 282 g/mol. The van der Waals surface area contributed by atoms with Crippen molar-refractivity contribution < 1.29 is 8.42 Å². The first-order valence-corrected chi connectivity index (χ1v) is 8.29. The number of sulfonamides is 1. The molecule has 0 saturated carbocycles. The maximum atomic E-state index is 11.4. The van der Waals surface area contributed by atoms with Gasteiger partial charge in [0.1, 0.15) is 0 Å². The van der Waals surface area contributed by atoms with Gasteiger partial charge in [0.2, 0.25) is 10.0 Å². The molecule has 0 aromatic rings. The van der Waals surface area contributed by atoms with E-state index in [0.717, 1.165) is 17.3 Å². The first-order valence-electron chi connectivity index (χ1n) is 6.68. The van der Waals surface area contributed by atoms with Crippen LogP contribution in [-0.2, 0) is 10.0 Å². The second kappa shape index (κ2) is 8.69. The number of hydrazone groups is 1. The molecule has 1 saturated heterocycles. The van der Waals surface area contributed by atoms with E-state index in [1.54, 1.807) is 6.08 Å². The fourth-order valence-corrected chi connectivity index (χ4v) is 2.91. The van der Waals surface area contributed by atoms with Crippen LogP contribution in [0.3, 0.4) is 0 Å². The van der Waals surface area contributed by atoms with E-state index in [0.29, 0.717) is 13.0 Å². The zero-order chi connectivity index (χ0) is 14.0. The average molecular weight is 282 g/mol. The summed E-state index contributed by atoms with van der Waals surface area (Å²) in [6, 6.07) is 0. The molecule has 0 amide bonds. The highest BCUT2D eigenvalue weighted by Gasteiger charge is 2.25. The Morgan fingerprint density at radius 1 is 1.16 bits per heavy atom. The molecular weight excluding hydrogens is 260 g/mol. The van der Waals surface area contributed by atoms with E-state index in [9.17, 15) is 8.42 Å². The predicted octanol–water partition coefficient (Wildman–Crippen LogP) is 2.87. The van der Waals surface area contributed by atoms with Crippen LogP contribution in [0.4, 0.5) is 0 Å². The summed E-state index contributed by atoms with van der Waals surface area (Å²) < 4.78 is 24.0. The highest BCUT2D eigenvalue weighted by molar-refractivity contribution is 7.89. The SMILES string of the molecule is CCC/C=C/C/C=C/C=C/C=N/N1CCCS1(=O)=O. The summed E-state index contributed by atoms with van der Waals surface area (Å²) in [6.07, 6.45) is 17.3. The van der Waals surface area contributed by atoms with Gasteiger partial charge in [0.05, 0.1) is 12.3 Å². The van der Waals surface area contributed by atoms with E-state index in [-0.39, 0.29) is 5.75 Å². The van der Waals surface area contributed by atoms with Gasteiger partial charge >= 0.3 is 0 Å². The van der Waals surface area contributed by atoms with Gasteiger partial charge in [-0.15, -0.1) is 0 Å². The van der Waals surface area contributed by atoms with Crippen LogP contribution in [0, 0.1) is 0 Å². The van der Waals surface area contributed by atoms with Crippen molar-refractivity contribution in [2.75, 3.05) is 12.3 Å². The van der Waals surface area contributed by atoms with Crippen molar-refractivity contribution >= 4 is 16.2 Å². The molecule has 0 aromatic carbocycles. The van der Waals surface area contributed by atoms with Gasteiger partial charge < -0.3 is 0 Å². The van der Waals surface area contributed by atoms with Crippen LogP contribution >= 0.6 is 0 Å². The number of rotatable bonds is 7. The number of allylic oxidation sites excluding steroid dienone is 6. The Hall–Kier alpha value is -1.36. The van der Waals surface area contributed by atoms with E-state index in [1.807, 2.05) is 18.2 Å². The van der Waals surface area contributed by atoms with Gasteiger partial charge in [-0.2, -0.15) is 9.52 Å². The van der Waals surface area contributed by atoms with E-state index in [2.05, 4.69) is 24.2 Å². The maximum absolute atomic E-state index is 11.4. The fourth-order valence-electron chi connectivity index (χ4n) is 1.60. The summed E-state index contributed by atoms with van der Waals surface area (Å²) in [5.41, 5.74) is 0. The molecule has 0 aromatic heterocycles. The minimum atomic E-state index is -3.12. The summed E-state index contributed by atoms with van der Waals surface area (Å²) in [4.78, 5) is 0. The van der Waals surface area contributed by atoms with Gasteiger partial charge in [-0.1, -0.05) is 43.7 Å². The molecular formula is C14H22N2O2S. The van der Waals surface area contributed by atoms with Crippen molar-refractivity contribution in [1.29, 1.82) is 0 Å². The number of hydrogen-bond donors (Lipinski definition) is 0. The summed E-state index contributed by atoms with van der Waals surface area (Å²) in [7, 11) is -3.12. The fraction of sp³-hybridized carbons (Fsp3) is 0.500. The van der Waals surface area contributed by atoms with Gasteiger partial charge in [0.15, 0.2) is 0 Å². The summed E-state index contributed by atoms with van der Waals surface area (Å²) in [6.45, 7) is 2.65. The van der Waals surface area contributed by atoms with E-state index < -0.39 is 10.0 Å². The highest BCUT2D eigenvalue weighted by Crippen LogP contribution is 2.12. The number of hydrogen-bond acceptors (Lipinski definition) is 3. The summed E-state index contributed by atoms with van der Waals surface area (Å²) >= 11 is 0. The zero-order valence-electron chi connectivity index (χ0n) is 11.4. The van der Waals surface area contributed by atoms with Gasteiger partial charge in [-0.25, -0.2) is 8.42 Å². The average Bonchev–Trinajstić information content (AvgIpc) is 2.71. The van der Waals surface area contributed by atoms with E-state index >= 15 is 0 Å². The van der Waals surface area contributed by atoms with Crippen molar-refractivity contribution in [3.63, 3.8) is 0 Å². The lowest BCUT2D eigenvalue weighted by Gasteiger charge is -2.07. The van der Waals surface area contributed by atoms with Crippen molar-refractivity contribution in [2.24, 2.45) is 5.10 Å². The molecule has 19 heavy (non-hydrogen) atoms. The first kappa shape index (κ1) is 15.7. The Balaban J connectivity index is 2.25. The molecule has 0 spiro atoms. The van der Waals surface area contributed by atoms with Crippen molar-refractivity contribution in [3.8, 4) is 0 Å². The Bertz CT molecular complexity index is 462. The van der Waals surface area contributed by atoms with E-state index in [4.69, 9.17) is 0 Å². The van der Waals surface area contributed by atoms with Crippen molar-refractivity contribution in [1.82, 2.24) is 4.41 Å². The zero-order valence-corrected chi connectivity index (χ0v) is 12.2. The predicted molar refractivity (Wildman–Crippen MR) is 80.5 cm³/mol. The smallest absolute Gasteiger partial charge is 0.205 e. The van der Waals surface area contributed by atoms with Crippen LogP contribution in [0.25, 0.3) is 0 Å². The minimum absolute atomic E-state index is 0.206. The van der Waals surface area contributed by atoms with Crippen LogP contribution in [0.1, 0.15) is 32.6 Å². The van der Waals surface area contributed by atoms with Crippen LogP contribution < -0.4 is 0 Å². The largest absolute Gasteiger partial charge is 0.249 e. The molecule has 1 heterocycles. The second-order valence-corrected chi connectivity index (χ2v) is 6.28. The molecule has 0 bridgehead atoms. The van der Waals surface area contributed by atoms with Crippen LogP contribution in [0.15, 0.2) is 41.6 Å². The quantitative estimate of drug-likeness (QED) is 0.409. The van der Waals surface area contributed by atoms with E-state index in [1.165, 1.54) is 12.6 Å². The molecule has 1 fully saturated rings. The number of unbranched alkanes of at least 4 members (excludes halogenated alkanes) is 1. The van der Waals surface area contributed by atoms with Gasteiger partial charge in [-0.05, 0) is 25.3 Å². The number of nitrogens with zero attached hydrogens (tertiary/aromatic N) is 2. The third-order valence-electron chi connectivity index (χ3n) is 2.61. The summed E-state index contributed by atoms with van der Waals surface area (Å²) in [5, 5.41) is 3.92. The third kappa shape index (κ3) is 6.38. The molecule has 1 aliphatic heterocycles. The molecule has 0 N–H and O–H groups in total. The molecule has 0 radical (unpaired) electrons. The standard InChI is InChI=1S/C14H22N2O2S/c1-2-3-4-5-6-7-8-9-10-12-15-16-13-11-14-19(16,17)18/h4-5,7-10,12H,2-3,6,11,13-14H2,1H3/b5-4+,8-7+,10-9+,15-12+. The lowest BCUT2D eigenvalue weighted by molar-refractivity contribution is 0.468. The van der Waals surface area contributed by atoms with Gasteiger partial charge in [0.25, 0.3) is 0 Å². The van der Waals surface area contributed by atoms with Crippen LogP contribution in [0.2, 0.25) is 0 Å². The normalized spacial score (nSPS) is 19.7. The van der Waals surface area contributed by atoms with Crippen LogP contribution in [0.5, 0.6) is 0 Å². The van der Waals surface area contributed by atoms with Crippen molar-refractivity contribution in [2.45, 2.75) is 32.6 Å². The molecule has 1 rings (SSSR count). The maximum Gasteiger partial charge on any atom is 0.249 e. The lowest BCUT2D eigenvalue weighted by atomic mass is 10.2. The molecule has 0 aliphatic carbocycles. The van der Waals surface area contributed by atoms with Gasteiger partial charge in [0, 0.05) is 6.21 Å². The highest BCUT2D eigenvalue weighted by atomic mass is 32.2. The third-order valence-corrected chi connectivity index (χ3v) is 4.33. The van der Waals surface area contributed by atoms with Crippen molar-refractivity contribution in [3.05, 3.63) is 36.5 Å². The second-order valence-electron chi connectivity index (χ2n) is 4.29. The van der Waals surface area contributed by atoms with Gasteiger partial charge in [-0.3, -0.25) is 0 Å². The molecule has 0 unspecified atom stereocenters. The molecule has 4 nitrogen and oxygen atoms in total. The summed E-state index contributed by atoms with van der Waals surface area (Å²) in [5.74, 6) is 0.206. The topological polar surface area (TPSA) is 49.7 Å². The molecule has 0 atom stereocenters. The molecule has 106 valence electrons. The molecule has 5 heteroatoms. The Kier molecular flexibility index (Phi) is 7.18. The first-order chi connectivity index (χ1) is 9.17. The Morgan fingerprint density at radius 3 is 2.68 bits per heavy atom. The van der Waals surface area contributed by atoms with Crippen LogP contribution in [-0.4, -0.2) is 31.3 Å². The Labute approximate surface area is 116 Å².